The molecule has 3 heterocycles. The fraction of sp³-hybridized carbons (Fsp3) is 0.500. The number of nitrogens with zero attached hydrogens (tertiary/aromatic N) is 4. The van der Waals surface area contributed by atoms with E-state index in [4.69, 9.17) is 9.26 Å². The third-order valence-electron chi connectivity index (χ3n) is 3.45. The van der Waals surface area contributed by atoms with Crippen molar-refractivity contribution < 1.29 is 14.1 Å². The Kier molecular flexibility index (Phi) is 4.10. The lowest BCUT2D eigenvalue weighted by Crippen LogP contribution is -2.08. The molecular weight excluding hydrogens is 286 g/mol. The van der Waals surface area contributed by atoms with Gasteiger partial charge in [0.15, 0.2) is 11.6 Å². The van der Waals surface area contributed by atoms with Gasteiger partial charge in [0.25, 0.3) is 5.89 Å². The van der Waals surface area contributed by atoms with E-state index in [1.807, 2.05) is 0 Å². The Morgan fingerprint density at radius 2 is 2.32 bits per heavy atom. The number of ether oxygens (including phenoxy) is 1. The molecule has 1 aliphatic rings. The maximum atomic E-state index is 11.3. The van der Waals surface area contributed by atoms with Crippen LogP contribution in [0.2, 0.25) is 0 Å². The number of hydrogen-bond donors (Lipinski definition) is 1. The van der Waals surface area contributed by atoms with Crippen LogP contribution in [0, 0.1) is 6.92 Å². The lowest BCUT2D eigenvalue weighted by Gasteiger charge is -2.05. The zero-order valence-electron chi connectivity index (χ0n) is 12.5. The molecule has 2 aromatic rings. The van der Waals surface area contributed by atoms with Crippen LogP contribution in [0.15, 0.2) is 10.7 Å². The van der Waals surface area contributed by atoms with Gasteiger partial charge < -0.3 is 14.6 Å². The van der Waals surface area contributed by atoms with Crippen LogP contribution in [-0.4, -0.2) is 32.5 Å². The molecule has 0 aliphatic carbocycles. The largest absolute Gasteiger partial charge is 0.368 e. The van der Waals surface area contributed by atoms with Crippen LogP contribution in [0.4, 0.5) is 5.95 Å². The van der Waals surface area contributed by atoms with Crippen molar-refractivity contribution in [1.29, 1.82) is 0 Å². The van der Waals surface area contributed by atoms with E-state index >= 15 is 0 Å². The van der Waals surface area contributed by atoms with Crippen molar-refractivity contribution in [3.8, 4) is 0 Å². The summed E-state index contributed by atoms with van der Waals surface area (Å²) in [6.07, 6.45) is 3.34. The van der Waals surface area contributed by atoms with Gasteiger partial charge in [-0.15, -0.1) is 0 Å². The fourth-order valence-corrected chi connectivity index (χ4v) is 2.30. The quantitative estimate of drug-likeness (QED) is 0.834. The second-order valence-electron chi connectivity index (χ2n) is 5.15. The summed E-state index contributed by atoms with van der Waals surface area (Å²) >= 11 is 0. The highest BCUT2D eigenvalue weighted by molar-refractivity contribution is 5.94. The highest BCUT2D eigenvalue weighted by Gasteiger charge is 2.23. The van der Waals surface area contributed by atoms with E-state index in [0.29, 0.717) is 35.5 Å². The molecule has 8 nitrogen and oxygen atoms in total. The lowest BCUT2D eigenvalue weighted by molar-refractivity contribution is 0.0835. The van der Waals surface area contributed by atoms with Crippen molar-refractivity contribution in [3.05, 3.63) is 29.2 Å². The molecule has 0 spiro atoms. The van der Waals surface area contributed by atoms with Crippen LogP contribution in [0.1, 0.15) is 53.6 Å². The standard InChI is InChI=1S/C14H17N5O3/c1-8-10(9(2)20)6-15-14(17-8)16-7-12-18-13(22-19-12)11-4-3-5-21-11/h6,11H,3-5,7H2,1-2H3,(H,15,16,17). The maximum Gasteiger partial charge on any atom is 0.255 e. The number of anilines is 1. The molecule has 1 aliphatic heterocycles. The van der Waals surface area contributed by atoms with Crippen molar-refractivity contribution in [2.24, 2.45) is 0 Å². The predicted octanol–water partition coefficient (Wildman–Crippen LogP) is 1.83. The van der Waals surface area contributed by atoms with Crippen LogP contribution in [-0.2, 0) is 11.3 Å². The van der Waals surface area contributed by atoms with Gasteiger partial charge in [0.2, 0.25) is 5.95 Å². The van der Waals surface area contributed by atoms with Crippen molar-refractivity contribution in [3.63, 3.8) is 0 Å². The summed E-state index contributed by atoms with van der Waals surface area (Å²) in [4.78, 5) is 24.0. The summed E-state index contributed by atoms with van der Waals surface area (Å²) in [5, 5.41) is 6.92. The Labute approximate surface area is 127 Å². The van der Waals surface area contributed by atoms with E-state index < -0.39 is 0 Å². The molecule has 1 saturated heterocycles. The van der Waals surface area contributed by atoms with Crippen molar-refractivity contribution in [2.45, 2.75) is 39.3 Å². The number of ketones is 1. The SMILES string of the molecule is CC(=O)c1cnc(NCc2noc(C3CCCO3)n2)nc1C. The first-order valence-electron chi connectivity index (χ1n) is 7.16. The van der Waals surface area contributed by atoms with E-state index in [1.54, 1.807) is 6.92 Å². The van der Waals surface area contributed by atoms with E-state index in [-0.39, 0.29) is 11.9 Å². The first-order valence-corrected chi connectivity index (χ1v) is 7.16. The summed E-state index contributed by atoms with van der Waals surface area (Å²) in [6, 6.07) is 0. The van der Waals surface area contributed by atoms with Crippen molar-refractivity contribution in [2.75, 3.05) is 11.9 Å². The molecule has 116 valence electrons. The number of aromatic nitrogens is 4. The minimum Gasteiger partial charge on any atom is -0.368 e. The van der Waals surface area contributed by atoms with Crippen LogP contribution < -0.4 is 5.32 Å². The minimum absolute atomic E-state index is 0.0524. The number of Topliss-reactive ketones (excluding diaryl/α,β-unsaturated/α-hetero) is 1. The monoisotopic (exact) mass is 303 g/mol. The lowest BCUT2D eigenvalue weighted by atomic mass is 10.2. The number of rotatable bonds is 5. The number of aryl methyl sites for hydroxylation is 1. The molecule has 22 heavy (non-hydrogen) atoms. The third-order valence-corrected chi connectivity index (χ3v) is 3.45. The van der Waals surface area contributed by atoms with E-state index in [0.717, 1.165) is 19.4 Å². The maximum absolute atomic E-state index is 11.3. The number of carbonyl (C=O) groups is 1. The van der Waals surface area contributed by atoms with Gasteiger partial charge in [-0.3, -0.25) is 4.79 Å². The highest BCUT2D eigenvalue weighted by atomic mass is 16.5. The van der Waals surface area contributed by atoms with Gasteiger partial charge in [-0.1, -0.05) is 5.16 Å². The molecule has 0 saturated carbocycles. The van der Waals surface area contributed by atoms with Gasteiger partial charge in [-0.2, -0.15) is 4.98 Å². The Morgan fingerprint density at radius 3 is 3.00 bits per heavy atom. The smallest absolute Gasteiger partial charge is 0.255 e. The van der Waals surface area contributed by atoms with Gasteiger partial charge in [-0.25, -0.2) is 9.97 Å². The topological polar surface area (TPSA) is 103 Å². The minimum atomic E-state index is -0.0883. The Bertz CT molecular complexity index is 679. The van der Waals surface area contributed by atoms with Crippen LogP contribution >= 0.6 is 0 Å². The molecule has 0 radical (unpaired) electrons. The Morgan fingerprint density at radius 1 is 1.45 bits per heavy atom. The van der Waals surface area contributed by atoms with E-state index in [1.165, 1.54) is 13.1 Å². The van der Waals surface area contributed by atoms with Gasteiger partial charge in [0.05, 0.1) is 17.8 Å². The number of carbonyl (C=O) groups excluding carboxylic acids is 1. The Balaban J connectivity index is 1.62. The predicted molar refractivity (Wildman–Crippen MR) is 76.3 cm³/mol. The van der Waals surface area contributed by atoms with Gasteiger partial charge >= 0.3 is 0 Å². The average molecular weight is 303 g/mol. The second-order valence-corrected chi connectivity index (χ2v) is 5.15. The van der Waals surface area contributed by atoms with Crippen LogP contribution in [0.3, 0.4) is 0 Å². The molecule has 1 fully saturated rings. The molecule has 0 amide bonds. The first kappa shape index (κ1) is 14.6. The molecule has 3 rings (SSSR count). The van der Waals surface area contributed by atoms with Crippen LogP contribution in [0.5, 0.6) is 0 Å². The number of hydrogen-bond acceptors (Lipinski definition) is 8. The fourth-order valence-electron chi connectivity index (χ4n) is 2.30. The van der Waals surface area contributed by atoms with E-state index in [2.05, 4.69) is 25.4 Å². The highest BCUT2D eigenvalue weighted by Crippen LogP contribution is 2.26. The van der Waals surface area contributed by atoms with Crippen molar-refractivity contribution >= 4 is 11.7 Å². The molecule has 1 unspecified atom stereocenters. The zero-order chi connectivity index (χ0) is 15.5. The van der Waals surface area contributed by atoms with Gasteiger partial charge in [0.1, 0.15) is 6.10 Å². The van der Waals surface area contributed by atoms with Gasteiger partial charge in [-0.05, 0) is 26.7 Å². The summed E-state index contributed by atoms with van der Waals surface area (Å²) in [5.74, 6) is 1.40. The van der Waals surface area contributed by atoms with E-state index in [9.17, 15) is 4.79 Å². The summed E-state index contributed by atoms with van der Waals surface area (Å²) in [5.41, 5.74) is 1.16. The molecule has 0 aromatic carbocycles. The molecule has 1 atom stereocenters. The normalized spacial score (nSPS) is 17.6. The molecule has 2 aromatic heterocycles. The second kappa shape index (κ2) is 6.18. The molecule has 1 N–H and O–H groups in total. The average Bonchev–Trinajstić information content (AvgIpc) is 3.16. The number of nitrogens with one attached hydrogen (secondary N) is 1. The van der Waals surface area contributed by atoms with Crippen molar-refractivity contribution in [1.82, 2.24) is 20.1 Å². The third kappa shape index (κ3) is 3.11. The van der Waals surface area contributed by atoms with Gasteiger partial charge in [0, 0.05) is 12.8 Å². The molecule has 0 bridgehead atoms. The molecule has 8 heteroatoms. The first-order chi connectivity index (χ1) is 10.6. The summed E-state index contributed by atoms with van der Waals surface area (Å²) in [6.45, 7) is 4.34. The summed E-state index contributed by atoms with van der Waals surface area (Å²) in [7, 11) is 0. The van der Waals surface area contributed by atoms with Crippen LogP contribution in [0.25, 0.3) is 0 Å². The Hall–Kier alpha value is -2.35. The molecular formula is C14H17N5O3. The summed E-state index contributed by atoms with van der Waals surface area (Å²) < 4.78 is 10.7. The zero-order valence-corrected chi connectivity index (χ0v) is 12.5.